The number of hydrogen-bond acceptors (Lipinski definition) is 3. The van der Waals surface area contributed by atoms with Crippen LogP contribution in [-0.2, 0) is 16.6 Å². The van der Waals surface area contributed by atoms with Crippen LogP contribution in [0.3, 0.4) is 0 Å². The van der Waals surface area contributed by atoms with E-state index >= 15 is 0 Å². The molecule has 2 fully saturated rings. The molecule has 1 aromatic heterocycles. The van der Waals surface area contributed by atoms with Crippen LogP contribution in [0.5, 0.6) is 0 Å². The van der Waals surface area contributed by atoms with E-state index in [1.807, 2.05) is 18.2 Å². The molecule has 0 spiro atoms. The summed E-state index contributed by atoms with van der Waals surface area (Å²) in [6, 6.07) is 5.92. The lowest BCUT2D eigenvalue weighted by Crippen LogP contribution is -2.47. The minimum absolute atomic E-state index is 0.381. The SMILES string of the molecule is O=S(=O)(N1CCCC1)N1CCC[C@@H](Cc2ccccn2)C1. The molecule has 2 aliphatic heterocycles. The van der Waals surface area contributed by atoms with Crippen LogP contribution >= 0.6 is 0 Å². The van der Waals surface area contributed by atoms with Crippen LogP contribution in [-0.4, -0.2) is 48.2 Å². The van der Waals surface area contributed by atoms with Gasteiger partial charge in [0.15, 0.2) is 0 Å². The van der Waals surface area contributed by atoms with Gasteiger partial charge in [-0.15, -0.1) is 0 Å². The van der Waals surface area contributed by atoms with Crippen molar-refractivity contribution in [3.05, 3.63) is 30.1 Å². The summed E-state index contributed by atoms with van der Waals surface area (Å²) in [7, 11) is -3.24. The zero-order chi connectivity index (χ0) is 14.7. The van der Waals surface area contributed by atoms with Gasteiger partial charge >= 0.3 is 0 Å². The number of piperidine rings is 1. The van der Waals surface area contributed by atoms with Gasteiger partial charge in [0.25, 0.3) is 10.2 Å². The van der Waals surface area contributed by atoms with E-state index in [1.165, 1.54) is 0 Å². The molecule has 0 aliphatic carbocycles. The quantitative estimate of drug-likeness (QED) is 0.850. The highest BCUT2D eigenvalue weighted by Gasteiger charge is 2.34. The Morgan fingerprint density at radius 2 is 1.86 bits per heavy atom. The van der Waals surface area contributed by atoms with E-state index in [4.69, 9.17) is 0 Å². The topological polar surface area (TPSA) is 53.5 Å². The van der Waals surface area contributed by atoms with Crippen molar-refractivity contribution in [2.75, 3.05) is 26.2 Å². The molecule has 3 rings (SSSR count). The Kier molecular flexibility index (Phi) is 4.57. The van der Waals surface area contributed by atoms with Crippen LogP contribution in [0, 0.1) is 5.92 Å². The predicted octanol–water partition coefficient (Wildman–Crippen LogP) is 1.68. The van der Waals surface area contributed by atoms with E-state index in [-0.39, 0.29) is 0 Å². The van der Waals surface area contributed by atoms with Crippen molar-refractivity contribution < 1.29 is 8.42 Å². The summed E-state index contributed by atoms with van der Waals surface area (Å²) in [4.78, 5) is 4.36. The number of rotatable bonds is 4. The molecular weight excluding hydrogens is 286 g/mol. The number of pyridine rings is 1. The molecule has 0 radical (unpaired) electrons. The Morgan fingerprint density at radius 1 is 1.10 bits per heavy atom. The first kappa shape index (κ1) is 14.9. The Hall–Kier alpha value is -0.980. The molecule has 0 bridgehead atoms. The highest BCUT2D eigenvalue weighted by atomic mass is 32.2. The van der Waals surface area contributed by atoms with Gasteiger partial charge in [-0.3, -0.25) is 4.98 Å². The van der Waals surface area contributed by atoms with Crippen molar-refractivity contribution in [2.45, 2.75) is 32.1 Å². The third kappa shape index (κ3) is 3.44. The normalized spacial score (nSPS) is 25.2. The molecule has 0 N–H and O–H groups in total. The Labute approximate surface area is 127 Å². The van der Waals surface area contributed by atoms with E-state index < -0.39 is 10.2 Å². The Balaban J connectivity index is 1.65. The highest BCUT2D eigenvalue weighted by molar-refractivity contribution is 7.86. The van der Waals surface area contributed by atoms with E-state index in [0.717, 1.165) is 37.8 Å². The second-order valence-electron chi connectivity index (χ2n) is 6.01. The molecule has 116 valence electrons. The largest absolute Gasteiger partial charge is 0.281 e. The van der Waals surface area contributed by atoms with E-state index in [0.29, 0.717) is 32.1 Å². The highest BCUT2D eigenvalue weighted by Crippen LogP contribution is 2.25. The van der Waals surface area contributed by atoms with Crippen molar-refractivity contribution >= 4 is 10.2 Å². The van der Waals surface area contributed by atoms with E-state index in [1.54, 1.807) is 14.8 Å². The summed E-state index contributed by atoms with van der Waals surface area (Å²) < 4.78 is 28.6. The standard InChI is InChI=1S/C15H23N3O2S/c19-21(20,17-9-3-4-10-17)18-11-5-6-14(13-18)12-15-7-1-2-8-16-15/h1-2,7-8,14H,3-6,9-13H2/t14-/m0/s1. The van der Waals surface area contributed by atoms with Crippen molar-refractivity contribution in [1.82, 2.24) is 13.6 Å². The second-order valence-corrected chi connectivity index (χ2v) is 7.93. The first-order chi connectivity index (χ1) is 10.2. The van der Waals surface area contributed by atoms with Gasteiger partial charge in [0.05, 0.1) is 0 Å². The maximum absolute atomic E-state index is 12.6. The lowest BCUT2D eigenvalue weighted by Gasteiger charge is -2.34. The molecule has 2 saturated heterocycles. The molecule has 0 aromatic carbocycles. The third-order valence-corrected chi connectivity index (χ3v) is 6.43. The lowest BCUT2D eigenvalue weighted by atomic mass is 9.94. The zero-order valence-electron chi connectivity index (χ0n) is 12.3. The first-order valence-electron chi connectivity index (χ1n) is 7.81. The minimum Gasteiger partial charge on any atom is -0.261 e. The lowest BCUT2D eigenvalue weighted by molar-refractivity contribution is 0.249. The average Bonchev–Trinajstić information content (AvgIpc) is 3.04. The van der Waals surface area contributed by atoms with Crippen LogP contribution in [0.25, 0.3) is 0 Å². The Morgan fingerprint density at radius 3 is 2.57 bits per heavy atom. The molecule has 1 aromatic rings. The van der Waals surface area contributed by atoms with Crippen molar-refractivity contribution in [3.63, 3.8) is 0 Å². The predicted molar refractivity (Wildman–Crippen MR) is 82.0 cm³/mol. The molecule has 0 amide bonds. The van der Waals surface area contributed by atoms with Gasteiger partial charge in [-0.25, -0.2) is 0 Å². The molecule has 21 heavy (non-hydrogen) atoms. The molecule has 1 atom stereocenters. The van der Waals surface area contributed by atoms with Crippen LogP contribution < -0.4 is 0 Å². The first-order valence-corrected chi connectivity index (χ1v) is 9.21. The van der Waals surface area contributed by atoms with Gasteiger partial charge in [0.2, 0.25) is 0 Å². The van der Waals surface area contributed by atoms with Gasteiger partial charge in [-0.05, 0) is 50.2 Å². The van der Waals surface area contributed by atoms with Gasteiger partial charge < -0.3 is 0 Å². The molecule has 3 heterocycles. The van der Waals surface area contributed by atoms with E-state index in [9.17, 15) is 8.42 Å². The molecule has 0 saturated carbocycles. The molecule has 5 nitrogen and oxygen atoms in total. The van der Waals surface area contributed by atoms with Gasteiger partial charge in [-0.2, -0.15) is 17.0 Å². The maximum atomic E-state index is 12.6. The monoisotopic (exact) mass is 309 g/mol. The summed E-state index contributed by atoms with van der Waals surface area (Å²) in [5, 5.41) is 0. The Bertz CT molecular complexity index is 556. The molecule has 0 unspecified atom stereocenters. The average molecular weight is 309 g/mol. The smallest absolute Gasteiger partial charge is 0.261 e. The minimum atomic E-state index is -3.24. The summed E-state index contributed by atoms with van der Waals surface area (Å²) in [6.45, 7) is 2.67. The van der Waals surface area contributed by atoms with Crippen LogP contribution in [0.15, 0.2) is 24.4 Å². The number of nitrogens with zero attached hydrogens (tertiary/aromatic N) is 3. The number of hydrogen-bond donors (Lipinski definition) is 0. The summed E-state index contributed by atoms with van der Waals surface area (Å²) >= 11 is 0. The van der Waals surface area contributed by atoms with Crippen LogP contribution in [0.2, 0.25) is 0 Å². The van der Waals surface area contributed by atoms with Crippen molar-refractivity contribution in [1.29, 1.82) is 0 Å². The fourth-order valence-electron chi connectivity index (χ4n) is 3.30. The summed E-state index contributed by atoms with van der Waals surface area (Å²) in [6.07, 6.45) is 6.69. The van der Waals surface area contributed by atoms with Crippen LogP contribution in [0.1, 0.15) is 31.4 Å². The molecular formula is C15H23N3O2S. The third-order valence-electron chi connectivity index (χ3n) is 4.42. The van der Waals surface area contributed by atoms with Gasteiger partial charge in [0, 0.05) is 38.1 Å². The summed E-state index contributed by atoms with van der Waals surface area (Å²) in [5.74, 6) is 0.381. The fourth-order valence-corrected chi connectivity index (χ4v) is 5.11. The van der Waals surface area contributed by atoms with Crippen molar-refractivity contribution in [2.24, 2.45) is 5.92 Å². The fraction of sp³-hybridized carbons (Fsp3) is 0.667. The molecule has 2 aliphatic rings. The second kappa shape index (κ2) is 6.42. The molecule has 6 heteroatoms. The van der Waals surface area contributed by atoms with Crippen LogP contribution in [0.4, 0.5) is 0 Å². The zero-order valence-corrected chi connectivity index (χ0v) is 13.1. The van der Waals surface area contributed by atoms with Crippen molar-refractivity contribution in [3.8, 4) is 0 Å². The number of aromatic nitrogens is 1. The van der Waals surface area contributed by atoms with E-state index in [2.05, 4.69) is 4.98 Å². The maximum Gasteiger partial charge on any atom is 0.281 e. The summed E-state index contributed by atoms with van der Waals surface area (Å²) in [5.41, 5.74) is 1.06. The van der Waals surface area contributed by atoms with Gasteiger partial charge in [0.1, 0.15) is 0 Å². The van der Waals surface area contributed by atoms with Gasteiger partial charge in [-0.1, -0.05) is 6.07 Å².